The van der Waals surface area contributed by atoms with Crippen LogP contribution in [0.3, 0.4) is 0 Å². The number of urea groups is 1. The normalized spacial score (nSPS) is 21.7. The van der Waals surface area contributed by atoms with Crippen molar-refractivity contribution in [3.8, 4) is 0 Å². The molecule has 0 radical (unpaired) electrons. The molecule has 1 saturated heterocycles. The average Bonchev–Trinajstić information content (AvgIpc) is 3.36. The van der Waals surface area contributed by atoms with E-state index in [4.69, 9.17) is 0 Å². The Kier molecular flexibility index (Phi) is 7.28. The number of carbonyl (C=O) groups excluding carboxylic acids is 4. The van der Waals surface area contributed by atoms with Crippen LogP contribution in [0.2, 0.25) is 0 Å². The van der Waals surface area contributed by atoms with E-state index in [9.17, 15) is 28.0 Å². The van der Waals surface area contributed by atoms with Crippen molar-refractivity contribution in [2.75, 3.05) is 23.7 Å². The number of hydrogen-bond acceptors (Lipinski definition) is 6. The molecule has 1 aliphatic heterocycles. The van der Waals surface area contributed by atoms with Gasteiger partial charge in [-0.1, -0.05) is 12.1 Å². The molecule has 0 saturated carbocycles. The van der Waals surface area contributed by atoms with Crippen molar-refractivity contribution in [2.45, 2.75) is 37.0 Å². The van der Waals surface area contributed by atoms with Gasteiger partial charge in [-0.3, -0.25) is 24.2 Å². The van der Waals surface area contributed by atoms with Crippen molar-refractivity contribution in [2.24, 2.45) is 0 Å². The summed E-state index contributed by atoms with van der Waals surface area (Å²) in [6.45, 7) is 2.43. The summed E-state index contributed by atoms with van der Waals surface area (Å²) in [6.07, 6.45) is 2.25. The van der Waals surface area contributed by atoms with Crippen molar-refractivity contribution < 1.29 is 28.0 Å². The lowest BCUT2D eigenvalue weighted by molar-refractivity contribution is -0.133. The molecule has 9 nitrogen and oxygen atoms in total. The third-order valence-electron chi connectivity index (χ3n) is 7.49. The minimum absolute atomic E-state index is 0.0212. The number of anilines is 2. The molecule has 2 aliphatic rings. The van der Waals surface area contributed by atoms with Crippen molar-refractivity contribution in [3.63, 3.8) is 0 Å². The molecular formula is C29H27F2N5O4S. The zero-order valence-electron chi connectivity index (χ0n) is 22.3. The highest BCUT2D eigenvalue weighted by molar-refractivity contribution is 7.82. The van der Waals surface area contributed by atoms with Crippen LogP contribution in [-0.2, 0) is 32.8 Å². The lowest BCUT2D eigenvalue weighted by atomic mass is 9.90. The second-order valence-electron chi connectivity index (χ2n) is 10.2. The molecule has 41 heavy (non-hydrogen) atoms. The fourth-order valence-corrected chi connectivity index (χ4v) is 5.72. The summed E-state index contributed by atoms with van der Waals surface area (Å²) >= 11 is 4.68. The molecule has 5 rings (SSSR count). The zero-order valence-corrected chi connectivity index (χ0v) is 23.2. The molecule has 0 bridgehead atoms. The Hall–Kier alpha value is -4.32. The summed E-state index contributed by atoms with van der Waals surface area (Å²) < 4.78 is 27.1. The fraction of sp³-hybridized carbons (Fsp3) is 0.276. The summed E-state index contributed by atoms with van der Waals surface area (Å²) in [7, 11) is 0. The lowest BCUT2D eigenvalue weighted by Crippen LogP contribution is -2.47. The third-order valence-corrected chi connectivity index (χ3v) is 8.01. The van der Waals surface area contributed by atoms with E-state index in [-0.39, 0.29) is 18.0 Å². The van der Waals surface area contributed by atoms with Gasteiger partial charge in [-0.2, -0.15) is 12.6 Å². The average molecular weight is 580 g/mol. The van der Waals surface area contributed by atoms with Gasteiger partial charge in [0, 0.05) is 24.5 Å². The lowest BCUT2D eigenvalue weighted by Gasteiger charge is -2.31. The minimum atomic E-state index is -1.79. The standard InChI is InChI=1S/C29H27F2N5O4S/c1-3-35-26(39)28(2,19-11-20(30)13-21(31)12-19)36(27(35)40)16-24(37)33-22-8-7-17-14-29(41,15-18(17)10-22)25(38)34-23-6-4-5-9-32-23/h4-13,41H,3,14-16H2,1-2H3,(H,33,37)(H,32,34,38)/t28?,29-/m1/s1. The highest BCUT2D eigenvalue weighted by Gasteiger charge is 2.55. The van der Waals surface area contributed by atoms with Crippen molar-refractivity contribution >= 4 is 47.9 Å². The van der Waals surface area contributed by atoms with Crippen molar-refractivity contribution in [3.05, 3.63) is 89.1 Å². The summed E-state index contributed by atoms with van der Waals surface area (Å²) in [4.78, 5) is 58.5. The third kappa shape index (κ3) is 5.15. The van der Waals surface area contributed by atoms with Crippen LogP contribution < -0.4 is 10.6 Å². The number of nitrogens with one attached hydrogen (secondary N) is 2. The van der Waals surface area contributed by atoms with Gasteiger partial charge in [0.25, 0.3) is 5.91 Å². The molecule has 12 heteroatoms. The number of thiol groups is 1. The van der Waals surface area contributed by atoms with Gasteiger partial charge in [0.1, 0.15) is 29.5 Å². The molecule has 5 amide bonds. The molecule has 1 fully saturated rings. The van der Waals surface area contributed by atoms with Gasteiger partial charge in [0.2, 0.25) is 11.8 Å². The van der Waals surface area contributed by atoms with Gasteiger partial charge >= 0.3 is 6.03 Å². The highest BCUT2D eigenvalue weighted by Crippen LogP contribution is 2.39. The van der Waals surface area contributed by atoms with E-state index in [1.807, 2.05) is 0 Å². The molecule has 212 valence electrons. The van der Waals surface area contributed by atoms with Gasteiger partial charge < -0.3 is 10.6 Å². The number of pyridine rings is 1. The Morgan fingerprint density at radius 3 is 2.37 bits per heavy atom. The minimum Gasteiger partial charge on any atom is -0.325 e. The van der Waals surface area contributed by atoms with Crippen molar-refractivity contribution in [1.29, 1.82) is 0 Å². The quantitative estimate of drug-likeness (QED) is 0.291. The number of likely N-dealkylation sites (N-methyl/N-ethyl adjacent to an activating group) is 1. The van der Waals surface area contributed by atoms with Gasteiger partial charge in [0.05, 0.1) is 4.75 Å². The molecule has 1 aromatic heterocycles. The molecule has 2 atom stereocenters. The van der Waals surface area contributed by atoms with Crippen LogP contribution in [-0.4, -0.2) is 56.4 Å². The molecule has 0 spiro atoms. The molecule has 1 unspecified atom stereocenters. The molecule has 2 aromatic carbocycles. The summed E-state index contributed by atoms with van der Waals surface area (Å²) in [6, 6.07) is 12.3. The maximum atomic E-state index is 14.1. The number of rotatable bonds is 7. The van der Waals surface area contributed by atoms with Crippen LogP contribution in [0.25, 0.3) is 0 Å². The van der Waals surface area contributed by atoms with Crippen LogP contribution in [0.15, 0.2) is 60.8 Å². The second kappa shape index (κ2) is 10.6. The Labute approximate surface area is 240 Å². The van der Waals surface area contributed by atoms with Crippen LogP contribution in [0.5, 0.6) is 0 Å². The molecule has 3 aromatic rings. The molecule has 1 aliphatic carbocycles. The maximum absolute atomic E-state index is 14.1. The van der Waals surface area contributed by atoms with Crippen LogP contribution in [0, 0.1) is 11.6 Å². The first-order valence-corrected chi connectivity index (χ1v) is 13.4. The SMILES string of the molecule is CCN1C(=O)N(CC(=O)Nc2ccc3c(c2)C[C@@](S)(C(=O)Nc2ccccn2)C3)C(C)(c2cc(F)cc(F)c2)C1=O. The summed E-state index contributed by atoms with van der Waals surface area (Å²) in [5.41, 5.74) is 0.259. The number of halogens is 2. The fourth-order valence-electron chi connectivity index (χ4n) is 5.33. The van der Waals surface area contributed by atoms with E-state index in [0.717, 1.165) is 33.1 Å². The van der Waals surface area contributed by atoms with E-state index < -0.39 is 46.3 Å². The number of carbonyl (C=O) groups is 4. The number of imide groups is 1. The predicted octanol–water partition coefficient (Wildman–Crippen LogP) is 3.90. The zero-order chi connectivity index (χ0) is 29.5. The Morgan fingerprint density at radius 2 is 1.71 bits per heavy atom. The number of aromatic nitrogens is 1. The monoisotopic (exact) mass is 579 g/mol. The largest absolute Gasteiger partial charge is 0.328 e. The number of fused-ring (bicyclic) bond motifs is 1. The van der Waals surface area contributed by atoms with E-state index in [1.165, 1.54) is 6.92 Å². The van der Waals surface area contributed by atoms with Crippen LogP contribution in [0.4, 0.5) is 25.1 Å². The predicted molar refractivity (Wildman–Crippen MR) is 150 cm³/mol. The number of benzene rings is 2. The van der Waals surface area contributed by atoms with Crippen LogP contribution in [0.1, 0.15) is 30.5 Å². The topological polar surface area (TPSA) is 112 Å². The highest BCUT2D eigenvalue weighted by atomic mass is 32.1. The molecule has 2 heterocycles. The Bertz CT molecular complexity index is 1550. The maximum Gasteiger partial charge on any atom is 0.328 e. The summed E-state index contributed by atoms with van der Waals surface area (Å²) in [5, 5.41) is 5.51. The van der Waals surface area contributed by atoms with E-state index >= 15 is 0 Å². The van der Waals surface area contributed by atoms with Gasteiger partial charge in [-0.15, -0.1) is 0 Å². The second-order valence-corrected chi connectivity index (χ2v) is 11.1. The van der Waals surface area contributed by atoms with Gasteiger partial charge in [-0.25, -0.2) is 18.6 Å². The number of hydrogen-bond donors (Lipinski definition) is 3. The number of nitrogens with zero attached hydrogens (tertiary/aromatic N) is 3. The van der Waals surface area contributed by atoms with Crippen molar-refractivity contribution in [1.82, 2.24) is 14.8 Å². The van der Waals surface area contributed by atoms with E-state index in [2.05, 4.69) is 28.2 Å². The first-order valence-electron chi connectivity index (χ1n) is 12.9. The van der Waals surface area contributed by atoms with Gasteiger partial charge in [-0.05, 0) is 79.8 Å². The Morgan fingerprint density at radius 1 is 1.00 bits per heavy atom. The van der Waals surface area contributed by atoms with Crippen LogP contribution >= 0.6 is 12.6 Å². The summed E-state index contributed by atoms with van der Waals surface area (Å²) in [5.74, 6) is -3.00. The number of amides is 5. The van der Waals surface area contributed by atoms with E-state index in [0.29, 0.717) is 30.4 Å². The van der Waals surface area contributed by atoms with Gasteiger partial charge in [0.15, 0.2) is 0 Å². The van der Waals surface area contributed by atoms with E-state index in [1.54, 1.807) is 49.5 Å². The smallest absolute Gasteiger partial charge is 0.325 e. The molecule has 2 N–H and O–H groups in total. The molecular weight excluding hydrogens is 552 g/mol. The first kappa shape index (κ1) is 28.2. The Balaban J connectivity index is 1.32. The first-order chi connectivity index (χ1) is 19.4.